The van der Waals surface area contributed by atoms with Gasteiger partial charge in [0.2, 0.25) is 0 Å². The number of aryl methyl sites for hydroxylation is 1. The first-order chi connectivity index (χ1) is 10.9. The number of rotatable bonds is 3. The zero-order chi connectivity index (χ0) is 16.6. The molecule has 0 aliphatic carbocycles. The number of anilines is 1. The van der Waals surface area contributed by atoms with Gasteiger partial charge >= 0.3 is 0 Å². The van der Waals surface area contributed by atoms with Crippen molar-refractivity contribution in [1.82, 2.24) is 4.98 Å². The normalized spacial score (nSPS) is 11.5. The first kappa shape index (κ1) is 16.0. The molecule has 0 saturated carbocycles. The molecule has 0 unspecified atom stereocenters. The summed E-state index contributed by atoms with van der Waals surface area (Å²) in [5.74, 6) is 0.244. The number of aromatic hydroxyl groups is 1. The van der Waals surface area contributed by atoms with Gasteiger partial charge < -0.3 is 10.0 Å². The number of phenolic OH excluding ortho intramolecular Hbond substituents is 1. The van der Waals surface area contributed by atoms with E-state index in [1.165, 1.54) is 16.0 Å². The molecule has 0 radical (unpaired) electrons. The molecule has 0 atom stereocenters. The second-order valence-electron chi connectivity index (χ2n) is 5.60. The highest BCUT2D eigenvalue weighted by Gasteiger charge is 2.07. The molecule has 1 N–H and O–H groups in total. The Morgan fingerprint density at radius 3 is 2.65 bits per heavy atom. The van der Waals surface area contributed by atoms with E-state index in [9.17, 15) is 5.11 Å². The monoisotopic (exact) mass is 388 g/mol. The largest absolute Gasteiger partial charge is 0.507 e. The Morgan fingerprint density at radius 2 is 1.96 bits per heavy atom. The van der Waals surface area contributed by atoms with Crippen molar-refractivity contribution in [3.05, 3.63) is 50.9 Å². The maximum atomic E-state index is 9.54. The fourth-order valence-electron chi connectivity index (χ4n) is 2.43. The zero-order valence-corrected chi connectivity index (χ0v) is 15.6. The van der Waals surface area contributed by atoms with Crippen LogP contribution in [-0.4, -0.2) is 24.2 Å². The minimum Gasteiger partial charge on any atom is -0.507 e. The maximum absolute atomic E-state index is 9.54. The molecule has 118 valence electrons. The second-order valence-corrected chi connectivity index (χ2v) is 7.51. The van der Waals surface area contributed by atoms with Gasteiger partial charge in [-0.2, -0.15) is 0 Å². The molecule has 0 bridgehead atoms. The second kappa shape index (κ2) is 6.34. The summed E-state index contributed by atoms with van der Waals surface area (Å²) in [4.78, 5) is 6.80. The van der Waals surface area contributed by atoms with Gasteiger partial charge in [0.15, 0.2) is 0 Å². The minimum absolute atomic E-state index is 0.244. The van der Waals surface area contributed by atoms with Gasteiger partial charge in [0.1, 0.15) is 10.8 Å². The standard InChI is InChI=1S/C18H17BrN2OS/c1-11-8-14-17(10-15(11)21(2)3)23-18(20-14)7-5-12-4-6-16(22)13(19)9-12/h4-10,22H,1-3H3/b7-5+. The van der Waals surface area contributed by atoms with Crippen LogP contribution in [0.25, 0.3) is 22.4 Å². The lowest BCUT2D eigenvalue weighted by molar-refractivity contribution is 0.472. The number of hydrogen-bond acceptors (Lipinski definition) is 4. The molecule has 23 heavy (non-hydrogen) atoms. The summed E-state index contributed by atoms with van der Waals surface area (Å²) in [7, 11) is 4.11. The van der Waals surface area contributed by atoms with Crippen LogP contribution in [0.4, 0.5) is 5.69 Å². The number of hydrogen-bond donors (Lipinski definition) is 1. The Bertz CT molecular complexity index is 899. The van der Waals surface area contributed by atoms with Crippen LogP contribution in [0.3, 0.4) is 0 Å². The number of benzene rings is 2. The molecule has 0 amide bonds. The van der Waals surface area contributed by atoms with Crippen LogP contribution in [0.2, 0.25) is 0 Å². The van der Waals surface area contributed by atoms with Crippen molar-refractivity contribution in [2.24, 2.45) is 0 Å². The van der Waals surface area contributed by atoms with E-state index >= 15 is 0 Å². The van der Waals surface area contributed by atoms with Crippen LogP contribution >= 0.6 is 27.3 Å². The number of phenols is 1. The summed E-state index contributed by atoms with van der Waals surface area (Å²) in [6.07, 6.45) is 4.01. The molecule has 1 heterocycles. The van der Waals surface area contributed by atoms with Gasteiger partial charge in [-0.25, -0.2) is 4.98 Å². The highest BCUT2D eigenvalue weighted by molar-refractivity contribution is 9.10. The first-order valence-corrected chi connectivity index (χ1v) is 8.80. The average molecular weight is 389 g/mol. The minimum atomic E-state index is 0.244. The molecule has 3 aromatic rings. The average Bonchev–Trinajstić information content (AvgIpc) is 2.89. The third kappa shape index (κ3) is 3.41. The van der Waals surface area contributed by atoms with E-state index in [4.69, 9.17) is 0 Å². The molecular weight excluding hydrogens is 372 g/mol. The topological polar surface area (TPSA) is 36.4 Å². The van der Waals surface area contributed by atoms with Crippen molar-refractivity contribution >= 4 is 55.3 Å². The Morgan fingerprint density at radius 1 is 1.17 bits per heavy atom. The first-order valence-electron chi connectivity index (χ1n) is 7.19. The highest BCUT2D eigenvalue weighted by Crippen LogP contribution is 2.30. The van der Waals surface area contributed by atoms with Gasteiger partial charge in [-0.05, 0) is 64.3 Å². The third-order valence-corrected chi connectivity index (χ3v) is 5.21. The van der Waals surface area contributed by atoms with Crippen LogP contribution in [0.15, 0.2) is 34.8 Å². The number of aromatic nitrogens is 1. The lowest BCUT2D eigenvalue weighted by Crippen LogP contribution is -2.09. The van der Waals surface area contributed by atoms with Crippen LogP contribution < -0.4 is 4.90 Å². The van der Waals surface area contributed by atoms with Gasteiger partial charge in [0.05, 0.1) is 14.7 Å². The predicted molar refractivity (Wildman–Crippen MR) is 103 cm³/mol. The smallest absolute Gasteiger partial charge is 0.129 e. The summed E-state index contributed by atoms with van der Waals surface area (Å²) in [5, 5.41) is 10.5. The Balaban J connectivity index is 1.94. The molecule has 0 aliphatic rings. The molecule has 0 aliphatic heterocycles. The van der Waals surface area contributed by atoms with Crippen LogP contribution in [0.1, 0.15) is 16.1 Å². The van der Waals surface area contributed by atoms with E-state index in [0.717, 1.165) is 16.1 Å². The van der Waals surface area contributed by atoms with E-state index in [2.05, 4.69) is 59.0 Å². The Hall–Kier alpha value is -1.85. The molecule has 1 aromatic heterocycles. The zero-order valence-electron chi connectivity index (χ0n) is 13.2. The Kier molecular flexibility index (Phi) is 4.41. The van der Waals surface area contributed by atoms with Gasteiger partial charge in [0.25, 0.3) is 0 Å². The summed E-state index contributed by atoms with van der Waals surface area (Å²) >= 11 is 5.01. The molecule has 0 spiro atoms. The maximum Gasteiger partial charge on any atom is 0.129 e. The third-order valence-electron chi connectivity index (χ3n) is 3.59. The lowest BCUT2D eigenvalue weighted by Gasteiger charge is -2.15. The quantitative estimate of drug-likeness (QED) is 0.660. The van der Waals surface area contributed by atoms with Crippen molar-refractivity contribution in [1.29, 1.82) is 0 Å². The summed E-state index contributed by atoms with van der Waals surface area (Å²) in [6.45, 7) is 2.11. The molecule has 0 saturated heterocycles. The van der Waals surface area contributed by atoms with Gasteiger partial charge in [-0.15, -0.1) is 11.3 Å². The van der Waals surface area contributed by atoms with E-state index < -0.39 is 0 Å². The molecule has 5 heteroatoms. The van der Waals surface area contributed by atoms with Gasteiger partial charge in [0, 0.05) is 19.8 Å². The number of nitrogens with zero attached hydrogens (tertiary/aromatic N) is 2. The SMILES string of the molecule is Cc1cc2nc(/C=C/c3ccc(O)c(Br)c3)sc2cc1N(C)C. The van der Waals surface area contributed by atoms with E-state index in [-0.39, 0.29) is 5.75 Å². The van der Waals surface area contributed by atoms with Crippen LogP contribution in [0, 0.1) is 6.92 Å². The molecule has 3 rings (SSSR count). The van der Waals surface area contributed by atoms with Gasteiger partial charge in [-0.3, -0.25) is 0 Å². The van der Waals surface area contributed by atoms with Crippen LogP contribution in [0.5, 0.6) is 5.75 Å². The molecule has 2 aromatic carbocycles. The molecule has 3 nitrogen and oxygen atoms in total. The van der Waals surface area contributed by atoms with Crippen molar-refractivity contribution in [3.8, 4) is 5.75 Å². The summed E-state index contributed by atoms with van der Waals surface area (Å²) < 4.78 is 1.88. The number of thiazole rings is 1. The number of fused-ring (bicyclic) bond motifs is 1. The lowest BCUT2D eigenvalue weighted by atomic mass is 10.2. The van der Waals surface area contributed by atoms with Crippen molar-refractivity contribution in [3.63, 3.8) is 0 Å². The van der Waals surface area contributed by atoms with E-state index in [1.807, 2.05) is 24.3 Å². The van der Waals surface area contributed by atoms with E-state index in [0.29, 0.717) is 4.47 Å². The summed E-state index contributed by atoms with van der Waals surface area (Å²) in [6, 6.07) is 9.76. The van der Waals surface area contributed by atoms with E-state index in [1.54, 1.807) is 17.4 Å². The van der Waals surface area contributed by atoms with Crippen molar-refractivity contribution in [2.75, 3.05) is 19.0 Å². The fraction of sp³-hybridized carbons (Fsp3) is 0.167. The molecular formula is C18H17BrN2OS. The van der Waals surface area contributed by atoms with Gasteiger partial charge in [-0.1, -0.05) is 12.1 Å². The van der Waals surface area contributed by atoms with Crippen molar-refractivity contribution < 1.29 is 5.11 Å². The van der Waals surface area contributed by atoms with Crippen molar-refractivity contribution in [2.45, 2.75) is 6.92 Å². The Labute approximate surface area is 148 Å². The number of halogens is 1. The predicted octanol–water partition coefficient (Wildman–Crippen LogP) is 5.31. The van der Waals surface area contributed by atoms with Crippen LogP contribution in [-0.2, 0) is 0 Å². The summed E-state index contributed by atoms with van der Waals surface area (Å²) in [5.41, 5.74) is 4.49. The molecule has 0 fully saturated rings. The highest BCUT2D eigenvalue weighted by atomic mass is 79.9. The fourth-order valence-corrected chi connectivity index (χ4v) is 3.71.